The molecule has 2 saturated heterocycles. The van der Waals surface area contributed by atoms with E-state index < -0.39 is 0 Å². The molecule has 2 aliphatic heterocycles. The first-order valence-corrected chi connectivity index (χ1v) is 7.26. The highest BCUT2D eigenvalue weighted by Gasteiger charge is 2.36. The largest absolute Gasteiger partial charge is 0.335 e. The van der Waals surface area contributed by atoms with Crippen molar-refractivity contribution in [2.45, 2.75) is 25.4 Å². The van der Waals surface area contributed by atoms with Gasteiger partial charge >= 0.3 is 0 Å². The van der Waals surface area contributed by atoms with Crippen molar-refractivity contribution >= 4 is 5.95 Å². The Balaban J connectivity index is 1.52. The summed E-state index contributed by atoms with van der Waals surface area (Å²) in [6.45, 7) is 3.88. The Labute approximate surface area is 117 Å². The quantitative estimate of drug-likeness (QED) is 0.838. The predicted octanol–water partition coefficient (Wildman–Crippen LogP) is 0.238. The minimum absolute atomic E-state index is 0.553. The van der Waals surface area contributed by atoms with Crippen LogP contribution in [0.4, 0.5) is 5.95 Å². The molecule has 0 amide bonds. The van der Waals surface area contributed by atoms with E-state index in [4.69, 9.17) is 0 Å². The van der Waals surface area contributed by atoms with Gasteiger partial charge < -0.3 is 10.2 Å². The summed E-state index contributed by atoms with van der Waals surface area (Å²) in [7, 11) is 0. The molecular weight excluding hydrogens is 254 g/mol. The molecule has 0 spiro atoms. The molecule has 2 unspecified atom stereocenters. The molecule has 4 heterocycles. The minimum atomic E-state index is 0.553. The van der Waals surface area contributed by atoms with Gasteiger partial charge in [0, 0.05) is 38.1 Å². The maximum Gasteiger partial charge on any atom is 0.245 e. The van der Waals surface area contributed by atoms with Crippen molar-refractivity contribution in [3.63, 3.8) is 0 Å². The Morgan fingerprint density at radius 2 is 2.35 bits per heavy atom. The number of aromatic amines is 1. The molecule has 7 heteroatoms. The lowest BCUT2D eigenvalue weighted by Crippen LogP contribution is -2.45. The Bertz CT molecular complexity index is 561. The van der Waals surface area contributed by atoms with Gasteiger partial charge in [-0.2, -0.15) is 10.1 Å². The van der Waals surface area contributed by atoms with E-state index in [2.05, 4.69) is 30.5 Å². The summed E-state index contributed by atoms with van der Waals surface area (Å²) < 4.78 is 1.85. The van der Waals surface area contributed by atoms with Gasteiger partial charge in [0.15, 0.2) is 0 Å². The van der Waals surface area contributed by atoms with Crippen LogP contribution in [0.1, 0.15) is 18.7 Å². The van der Waals surface area contributed by atoms with Gasteiger partial charge in [0.05, 0.1) is 0 Å². The average Bonchev–Trinajstić information content (AvgIpc) is 3.19. The molecule has 2 atom stereocenters. The van der Waals surface area contributed by atoms with Crippen LogP contribution in [-0.4, -0.2) is 50.6 Å². The number of hydrogen-bond acceptors (Lipinski definition) is 5. The molecule has 2 aromatic rings. The molecule has 0 saturated carbocycles. The fourth-order valence-electron chi connectivity index (χ4n) is 3.35. The maximum atomic E-state index is 4.64. The number of nitrogens with zero attached hydrogens (tertiary/aromatic N) is 5. The van der Waals surface area contributed by atoms with Crippen molar-refractivity contribution in [1.29, 1.82) is 0 Å². The van der Waals surface area contributed by atoms with Crippen molar-refractivity contribution in [2.75, 3.05) is 24.5 Å². The second kappa shape index (κ2) is 4.90. The summed E-state index contributed by atoms with van der Waals surface area (Å²) in [5, 5.41) is 15.1. The number of aromatic nitrogens is 5. The molecule has 0 radical (unpaired) electrons. The summed E-state index contributed by atoms with van der Waals surface area (Å²) in [5.74, 6) is 2.44. The number of anilines is 1. The first-order valence-electron chi connectivity index (χ1n) is 7.26. The van der Waals surface area contributed by atoms with Crippen LogP contribution in [0.2, 0.25) is 0 Å². The number of H-pyrrole nitrogens is 1. The first-order chi connectivity index (χ1) is 9.90. The molecule has 4 rings (SSSR count). The van der Waals surface area contributed by atoms with Crippen molar-refractivity contribution in [2.24, 2.45) is 5.92 Å². The van der Waals surface area contributed by atoms with E-state index in [0.717, 1.165) is 37.3 Å². The molecule has 2 aliphatic rings. The van der Waals surface area contributed by atoms with Gasteiger partial charge in [-0.1, -0.05) is 0 Å². The van der Waals surface area contributed by atoms with Gasteiger partial charge in [-0.25, -0.2) is 0 Å². The smallest absolute Gasteiger partial charge is 0.245 e. The number of piperidine rings is 1. The van der Waals surface area contributed by atoms with Crippen LogP contribution in [0.25, 0.3) is 0 Å². The highest BCUT2D eigenvalue weighted by Crippen LogP contribution is 2.28. The summed E-state index contributed by atoms with van der Waals surface area (Å²) in [5.41, 5.74) is 0. The van der Waals surface area contributed by atoms with E-state index in [-0.39, 0.29) is 0 Å². The Kier molecular flexibility index (Phi) is 2.91. The monoisotopic (exact) mass is 273 g/mol. The number of hydrogen-bond donors (Lipinski definition) is 2. The number of nitrogens with one attached hydrogen (secondary N) is 2. The van der Waals surface area contributed by atoms with E-state index in [0.29, 0.717) is 12.6 Å². The molecule has 2 N–H and O–H groups in total. The summed E-state index contributed by atoms with van der Waals surface area (Å²) in [6, 6.07) is 2.47. The van der Waals surface area contributed by atoms with E-state index in [1.165, 1.54) is 12.8 Å². The van der Waals surface area contributed by atoms with E-state index >= 15 is 0 Å². The molecule has 106 valence electrons. The fraction of sp³-hybridized carbons (Fsp3) is 0.615. The summed E-state index contributed by atoms with van der Waals surface area (Å²) in [4.78, 5) is 7.00. The Morgan fingerprint density at radius 1 is 1.35 bits per heavy atom. The average molecular weight is 273 g/mol. The third-order valence-corrected chi connectivity index (χ3v) is 4.33. The van der Waals surface area contributed by atoms with Gasteiger partial charge in [-0.15, -0.1) is 5.10 Å². The van der Waals surface area contributed by atoms with E-state index in [1.54, 1.807) is 6.20 Å². The minimum Gasteiger partial charge on any atom is -0.335 e. The Morgan fingerprint density at radius 3 is 3.25 bits per heavy atom. The SMILES string of the molecule is c1cnn(Cc2nc(N3CCCC4CNCC43)n[nH]2)c1. The second-order valence-electron chi connectivity index (χ2n) is 5.61. The zero-order valence-corrected chi connectivity index (χ0v) is 11.4. The molecule has 7 nitrogen and oxygen atoms in total. The topological polar surface area (TPSA) is 74.7 Å². The van der Waals surface area contributed by atoms with Crippen molar-refractivity contribution < 1.29 is 0 Å². The first kappa shape index (κ1) is 11.9. The molecule has 0 aromatic carbocycles. The zero-order valence-electron chi connectivity index (χ0n) is 11.4. The standard InChI is InChI=1S/C13H19N7/c1-3-10-7-14-8-11(10)20(6-1)13-16-12(17-18-13)9-19-5-2-4-15-19/h2,4-5,10-11,14H,1,3,6-9H2,(H,16,17,18). The molecule has 0 bridgehead atoms. The van der Waals surface area contributed by atoms with Gasteiger partial charge in [0.1, 0.15) is 12.4 Å². The van der Waals surface area contributed by atoms with Crippen LogP contribution in [0.15, 0.2) is 18.5 Å². The molecule has 20 heavy (non-hydrogen) atoms. The second-order valence-corrected chi connectivity index (χ2v) is 5.61. The van der Waals surface area contributed by atoms with Gasteiger partial charge in [-0.3, -0.25) is 9.78 Å². The van der Waals surface area contributed by atoms with Gasteiger partial charge in [0.2, 0.25) is 5.95 Å². The Hall–Kier alpha value is -1.89. The zero-order chi connectivity index (χ0) is 13.4. The third-order valence-electron chi connectivity index (χ3n) is 4.33. The lowest BCUT2D eigenvalue weighted by molar-refractivity contribution is 0.381. The normalized spacial score (nSPS) is 25.9. The van der Waals surface area contributed by atoms with Gasteiger partial charge in [-0.05, 0) is 24.8 Å². The van der Waals surface area contributed by atoms with Crippen LogP contribution in [0.3, 0.4) is 0 Å². The van der Waals surface area contributed by atoms with Crippen molar-refractivity contribution in [1.82, 2.24) is 30.3 Å². The van der Waals surface area contributed by atoms with Crippen LogP contribution in [-0.2, 0) is 6.54 Å². The van der Waals surface area contributed by atoms with E-state index in [9.17, 15) is 0 Å². The van der Waals surface area contributed by atoms with Crippen LogP contribution < -0.4 is 10.2 Å². The highest BCUT2D eigenvalue weighted by atomic mass is 15.4. The highest BCUT2D eigenvalue weighted by molar-refractivity contribution is 5.33. The van der Waals surface area contributed by atoms with E-state index in [1.807, 2.05) is 16.9 Å². The van der Waals surface area contributed by atoms with Crippen molar-refractivity contribution in [3.05, 3.63) is 24.3 Å². The molecular formula is C13H19N7. The lowest BCUT2D eigenvalue weighted by atomic mass is 9.92. The van der Waals surface area contributed by atoms with Crippen LogP contribution in [0, 0.1) is 5.92 Å². The molecule has 2 aromatic heterocycles. The van der Waals surface area contributed by atoms with Gasteiger partial charge in [0.25, 0.3) is 0 Å². The van der Waals surface area contributed by atoms with Crippen LogP contribution in [0.5, 0.6) is 0 Å². The lowest BCUT2D eigenvalue weighted by Gasteiger charge is -2.36. The number of fused-ring (bicyclic) bond motifs is 1. The number of rotatable bonds is 3. The van der Waals surface area contributed by atoms with Crippen LogP contribution >= 0.6 is 0 Å². The fourth-order valence-corrected chi connectivity index (χ4v) is 3.35. The maximum absolute atomic E-state index is 4.64. The third kappa shape index (κ3) is 2.07. The predicted molar refractivity (Wildman–Crippen MR) is 74.4 cm³/mol. The molecule has 0 aliphatic carbocycles. The summed E-state index contributed by atoms with van der Waals surface area (Å²) >= 11 is 0. The van der Waals surface area contributed by atoms with Crippen molar-refractivity contribution in [3.8, 4) is 0 Å². The molecule has 2 fully saturated rings. The summed E-state index contributed by atoms with van der Waals surface area (Å²) in [6.07, 6.45) is 6.25.